The topological polar surface area (TPSA) is 60.7 Å². The molecule has 90 valence electrons. The van der Waals surface area contributed by atoms with E-state index in [0.29, 0.717) is 11.1 Å². The Morgan fingerprint density at radius 3 is 3.00 bits per heavy atom. The quantitative estimate of drug-likeness (QED) is 0.830. The Kier molecular flexibility index (Phi) is 3.60. The maximum atomic E-state index is 8.78. The summed E-state index contributed by atoms with van der Waals surface area (Å²) in [6, 6.07) is 5.76. The average molecular weight is 230 g/mol. The van der Waals surface area contributed by atoms with Crippen LogP contribution >= 0.6 is 0 Å². The lowest BCUT2D eigenvalue weighted by Crippen LogP contribution is -2.39. The van der Waals surface area contributed by atoms with Gasteiger partial charge in [0.05, 0.1) is 0 Å². The molecule has 0 radical (unpaired) electrons. The summed E-state index contributed by atoms with van der Waals surface area (Å²) in [6.45, 7) is 5.45. The normalized spacial score (nSPS) is 18.4. The summed E-state index contributed by atoms with van der Waals surface area (Å²) in [4.78, 5) is 3.96. The van der Waals surface area contributed by atoms with Gasteiger partial charge in [-0.2, -0.15) is 5.26 Å². The molecule has 4 heteroatoms. The largest absolute Gasteiger partial charge is 0.384 e. The zero-order valence-electron chi connectivity index (χ0n) is 10.2. The van der Waals surface area contributed by atoms with Crippen molar-refractivity contribution < 1.29 is 0 Å². The molecule has 0 unspecified atom stereocenters. The Hall–Kier alpha value is -1.60. The highest BCUT2D eigenvalue weighted by atomic mass is 14.9. The number of nitrogens with zero attached hydrogens (tertiary/aromatic N) is 2. The van der Waals surface area contributed by atoms with Crippen LogP contribution in [0.15, 0.2) is 18.3 Å². The number of rotatable bonds is 3. The fourth-order valence-corrected chi connectivity index (χ4v) is 2.12. The van der Waals surface area contributed by atoms with Crippen molar-refractivity contribution in [1.82, 2.24) is 10.3 Å². The fraction of sp³-hybridized carbons (Fsp3) is 0.538. The number of pyridine rings is 1. The van der Waals surface area contributed by atoms with Crippen LogP contribution in [0.3, 0.4) is 0 Å². The number of anilines is 1. The number of piperidine rings is 1. The maximum absolute atomic E-state index is 8.78. The molecule has 4 nitrogen and oxygen atoms in total. The van der Waals surface area contributed by atoms with Crippen molar-refractivity contribution in [2.75, 3.05) is 25.0 Å². The van der Waals surface area contributed by atoms with Crippen LogP contribution in [0.4, 0.5) is 5.69 Å². The van der Waals surface area contributed by atoms with Crippen LogP contribution in [0.1, 0.15) is 25.5 Å². The molecule has 0 atom stereocenters. The summed E-state index contributed by atoms with van der Waals surface area (Å²) < 4.78 is 0. The molecule has 0 spiro atoms. The van der Waals surface area contributed by atoms with Crippen LogP contribution in [-0.4, -0.2) is 24.6 Å². The molecule has 1 fully saturated rings. The number of hydrogen-bond acceptors (Lipinski definition) is 4. The maximum Gasteiger partial charge on any atom is 0.142 e. The molecule has 1 aliphatic rings. The molecule has 0 aromatic carbocycles. The highest BCUT2D eigenvalue weighted by molar-refractivity contribution is 5.46. The fourth-order valence-electron chi connectivity index (χ4n) is 2.12. The van der Waals surface area contributed by atoms with E-state index in [2.05, 4.69) is 28.6 Å². The van der Waals surface area contributed by atoms with E-state index in [1.807, 2.05) is 6.07 Å². The number of hydrogen-bond donors (Lipinski definition) is 2. The number of aromatic nitrogens is 1. The minimum atomic E-state index is 0.349. The summed E-state index contributed by atoms with van der Waals surface area (Å²) in [5.74, 6) is 0. The minimum absolute atomic E-state index is 0.349. The first kappa shape index (κ1) is 11.9. The van der Waals surface area contributed by atoms with Crippen LogP contribution in [0.25, 0.3) is 0 Å². The van der Waals surface area contributed by atoms with E-state index in [1.54, 1.807) is 12.3 Å². The third-order valence-corrected chi connectivity index (χ3v) is 3.40. The Labute approximate surface area is 102 Å². The van der Waals surface area contributed by atoms with E-state index in [1.165, 1.54) is 12.8 Å². The van der Waals surface area contributed by atoms with Crippen LogP contribution in [0.5, 0.6) is 0 Å². The molecule has 0 saturated carbocycles. The molecule has 2 heterocycles. The summed E-state index contributed by atoms with van der Waals surface area (Å²) in [6.07, 6.45) is 4.05. The van der Waals surface area contributed by atoms with Crippen molar-refractivity contribution >= 4 is 5.69 Å². The van der Waals surface area contributed by atoms with Gasteiger partial charge in [-0.05, 0) is 43.5 Å². The van der Waals surface area contributed by atoms with Crippen molar-refractivity contribution in [3.63, 3.8) is 0 Å². The lowest BCUT2D eigenvalue weighted by Gasteiger charge is -2.34. The predicted molar refractivity (Wildman–Crippen MR) is 67.7 cm³/mol. The van der Waals surface area contributed by atoms with E-state index in [4.69, 9.17) is 5.26 Å². The van der Waals surface area contributed by atoms with Gasteiger partial charge in [0, 0.05) is 18.4 Å². The van der Waals surface area contributed by atoms with Crippen LogP contribution in [-0.2, 0) is 0 Å². The average Bonchev–Trinajstić information content (AvgIpc) is 2.38. The third-order valence-electron chi connectivity index (χ3n) is 3.40. The summed E-state index contributed by atoms with van der Waals surface area (Å²) in [7, 11) is 0. The Balaban J connectivity index is 1.95. The summed E-state index contributed by atoms with van der Waals surface area (Å²) >= 11 is 0. The first-order chi connectivity index (χ1) is 8.22. The van der Waals surface area contributed by atoms with E-state index in [9.17, 15) is 0 Å². The van der Waals surface area contributed by atoms with Crippen LogP contribution in [0.2, 0.25) is 0 Å². The summed E-state index contributed by atoms with van der Waals surface area (Å²) in [5, 5.41) is 15.6. The Bertz CT molecular complexity index is 416. The van der Waals surface area contributed by atoms with Gasteiger partial charge in [0.25, 0.3) is 0 Å². The molecular formula is C13H18N4. The second kappa shape index (κ2) is 5.15. The van der Waals surface area contributed by atoms with Crippen LogP contribution < -0.4 is 10.6 Å². The molecule has 17 heavy (non-hydrogen) atoms. The summed E-state index contributed by atoms with van der Waals surface area (Å²) in [5.41, 5.74) is 1.79. The lowest BCUT2D eigenvalue weighted by molar-refractivity contribution is 0.247. The molecule has 1 aromatic rings. The first-order valence-electron chi connectivity index (χ1n) is 6.03. The Morgan fingerprint density at radius 1 is 1.53 bits per heavy atom. The van der Waals surface area contributed by atoms with E-state index in [0.717, 1.165) is 25.3 Å². The number of nitrogens with one attached hydrogen (secondary N) is 2. The molecule has 0 amide bonds. The standard InChI is InChI=1S/C13H18N4/c1-13(3-6-15-7-4-13)10-17-11-2-5-16-12(8-11)9-14/h2,5,8,15H,3-4,6-7,10H2,1H3,(H,16,17). The van der Waals surface area contributed by atoms with Crippen molar-refractivity contribution in [2.24, 2.45) is 5.41 Å². The second-order valence-electron chi connectivity index (χ2n) is 4.96. The van der Waals surface area contributed by atoms with Gasteiger partial charge < -0.3 is 10.6 Å². The van der Waals surface area contributed by atoms with Gasteiger partial charge >= 0.3 is 0 Å². The highest BCUT2D eigenvalue weighted by Gasteiger charge is 2.26. The smallest absolute Gasteiger partial charge is 0.142 e. The highest BCUT2D eigenvalue weighted by Crippen LogP contribution is 2.28. The molecule has 0 aliphatic carbocycles. The number of nitriles is 1. The van der Waals surface area contributed by atoms with Crippen molar-refractivity contribution in [3.05, 3.63) is 24.0 Å². The third kappa shape index (κ3) is 3.18. The van der Waals surface area contributed by atoms with Gasteiger partial charge in [0.15, 0.2) is 0 Å². The molecule has 1 aromatic heterocycles. The van der Waals surface area contributed by atoms with Crippen molar-refractivity contribution in [3.8, 4) is 6.07 Å². The molecular weight excluding hydrogens is 212 g/mol. The zero-order chi connectivity index (χ0) is 12.1. The van der Waals surface area contributed by atoms with Gasteiger partial charge in [-0.25, -0.2) is 4.98 Å². The van der Waals surface area contributed by atoms with Gasteiger partial charge in [-0.1, -0.05) is 6.92 Å². The van der Waals surface area contributed by atoms with Gasteiger partial charge in [-0.3, -0.25) is 0 Å². The van der Waals surface area contributed by atoms with Crippen LogP contribution in [0, 0.1) is 16.7 Å². The Morgan fingerprint density at radius 2 is 2.29 bits per heavy atom. The molecule has 1 aliphatic heterocycles. The monoisotopic (exact) mass is 230 g/mol. The molecule has 1 saturated heterocycles. The first-order valence-corrected chi connectivity index (χ1v) is 6.03. The van der Waals surface area contributed by atoms with E-state index in [-0.39, 0.29) is 0 Å². The molecule has 2 N–H and O–H groups in total. The van der Waals surface area contributed by atoms with Crippen molar-refractivity contribution in [1.29, 1.82) is 5.26 Å². The van der Waals surface area contributed by atoms with Gasteiger partial charge in [0.1, 0.15) is 11.8 Å². The lowest BCUT2D eigenvalue weighted by atomic mass is 9.81. The second-order valence-corrected chi connectivity index (χ2v) is 4.96. The predicted octanol–water partition coefficient (Wildman–Crippen LogP) is 1.75. The minimum Gasteiger partial charge on any atom is -0.384 e. The van der Waals surface area contributed by atoms with Crippen molar-refractivity contribution in [2.45, 2.75) is 19.8 Å². The van der Waals surface area contributed by atoms with Gasteiger partial charge in [0.2, 0.25) is 0 Å². The van der Waals surface area contributed by atoms with Gasteiger partial charge in [-0.15, -0.1) is 0 Å². The molecule has 2 rings (SSSR count). The van der Waals surface area contributed by atoms with E-state index < -0.39 is 0 Å². The van der Waals surface area contributed by atoms with E-state index >= 15 is 0 Å². The zero-order valence-corrected chi connectivity index (χ0v) is 10.2. The SMILES string of the molecule is CC1(CNc2ccnc(C#N)c2)CCNCC1. The molecule has 0 bridgehead atoms.